The van der Waals surface area contributed by atoms with Gasteiger partial charge in [0, 0.05) is 56.1 Å². The number of nitrogens with zero attached hydrogens (tertiary/aromatic N) is 5. The first kappa shape index (κ1) is 17.8. The van der Waals surface area contributed by atoms with Crippen LogP contribution in [0.2, 0.25) is 0 Å². The monoisotopic (exact) mass is 378 g/mol. The van der Waals surface area contributed by atoms with Crippen LogP contribution in [-0.2, 0) is 0 Å². The van der Waals surface area contributed by atoms with Gasteiger partial charge in [0.2, 0.25) is 5.95 Å². The summed E-state index contributed by atoms with van der Waals surface area (Å²) in [5.41, 5.74) is 1.61. The molecule has 28 heavy (non-hydrogen) atoms. The second-order valence-electron chi connectivity index (χ2n) is 6.39. The normalized spacial score (nSPS) is 14.0. The maximum Gasteiger partial charge on any atom is 0.274 e. The van der Waals surface area contributed by atoms with E-state index in [1.165, 1.54) is 12.1 Å². The Balaban J connectivity index is 1.42. The third-order valence-corrected chi connectivity index (χ3v) is 4.54. The lowest BCUT2D eigenvalue weighted by molar-refractivity contribution is 0.102. The lowest BCUT2D eigenvalue weighted by Crippen LogP contribution is -2.47. The van der Waals surface area contributed by atoms with Crippen LogP contribution in [0, 0.1) is 5.82 Å². The van der Waals surface area contributed by atoms with Crippen molar-refractivity contribution in [3.8, 4) is 0 Å². The molecular formula is C20H19FN6O. The number of carbonyl (C=O) groups excluding carboxylic acids is 1. The summed E-state index contributed by atoms with van der Waals surface area (Å²) in [5.74, 6) is -0.0458. The molecule has 1 amide bonds. The number of halogens is 1. The molecule has 1 aliphatic heterocycles. The fraction of sp³-hybridized carbons (Fsp3) is 0.200. The molecule has 1 fully saturated rings. The van der Waals surface area contributed by atoms with E-state index in [1.807, 2.05) is 6.07 Å². The van der Waals surface area contributed by atoms with Gasteiger partial charge in [0.15, 0.2) is 0 Å². The highest BCUT2D eigenvalue weighted by Crippen LogP contribution is 2.19. The van der Waals surface area contributed by atoms with Gasteiger partial charge in [0.05, 0.1) is 0 Å². The Hall–Kier alpha value is -3.55. The van der Waals surface area contributed by atoms with Crippen LogP contribution in [0.15, 0.2) is 61.1 Å². The number of pyridine rings is 1. The van der Waals surface area contributed by atoms with Gasteiger partial charge in [0.1, 0.15) is 11.5 Å². The van der Waals surface area contributed by atoms with Gasteiger partial charge < -0.3 is 15.1 Å². The number of anilines is 3. The number of carbonyl (C=O) groups is 1. The Kier molecular flexibility index (Phi) is 5.09. The largest absolute Gasteiger partial charge is 0.368 e. The van der Waals surface area contributed by atoms with Gasteiger partial charge in [0.25, 0.3) is 5.91 Å². The highest BCUT2D eigenvalue weighted by Gasteiger charge is 2.20. The minimum absolute atomic E-state index is 0.288. The number of hydrogen-bond donors (Lipinski definition) is 1. The van der Waals surface area contributed by atoms with Crippen molar-refractivity contribution in [1.82, 2.24) is 15.0 Å². The maximum absolute atomic E-state index is 13.3. The summed E-state index contributed by atoms with van der Waals surface area (Å²) in [6.45, 7) is 3.15. The molecule has 0 bridgehead atoms. The third-order valence-electron chi connectivity index (χ3n) is 4.54. The topological polar surface area (TPSA) is 74.2 Å². The summed E-state index contributed by atoms with van der Waals surface area (Å²) in [6, 6.07) is 11.2. The summed E-state index contributed by atoms with van der Waals surface area (Å²) in [5, 5.41) is 2.67. The number of piperazine rings is 1. The molecule has 1 saturated heterocycles. The van der Waals surface area contributed by atoms with Crippen LogP contribution < -0.4 is 15.1 Å². The van der Waals surface area contributed by atoms with Crippen molar-refractivity contribution < 1.29 is 9.18 Å². The average molecular weight is 378 g/mol. The van der Waals surface area contributed by atoms with Crippen molar-refractivity contribution in [2.24, 2.45) is 0 Å². The summed E-state index contributed by atoms with van der Waals surface area (Å²) in [7, 11) is 0. The molecule has 142 valence electrons. The van der Waals surface area contributed by atoms with Gasteiger partial charge in [-0.1, -0.05) is 6.07 Å². The van der Waals surface area contributed by atoms with Gasteiger partial charge >= 0.3 is 0 Å². The third kappa shape index (κ3) is 4.06. The molecule has 0 aliphatic carbocycles. The number of amides is 1. The second-order valence-corrected chi connectivity index (χ2v) is 6.39. The van der Waals surface area contributed by atoms with Gasteiger partial charge in [-0.3, -0.25) is 9.78 Å². The van der Waals surface area contributed by atoms with Crippen LogP contribution in [0.1, 0.15) is 10.5 Å². The van der Waals surface area contributed by atoms with E-state index < -0.39 is 5.82 Å². The molecule has 1 aliphatic rings. The van der Waals surface area contributed by atoms with E-state index in [0.29, 0.717) is 5.69 Å². The van der Waals surface area contributed by atoms with Gasteiger partial charge in [-0.2, -0.15) is 0 Å². The van der Waals surface area contributed by atoms with Crippen molar-refractivity contribution in [1.29, 1.82) is 0 Å². The number of hydrogen-bond acceptors (Lipinski definition) is 6. The zero-order chi connectivity index (χ0) is 19.3. The van der Waals surface area contributed by atoms with Crippen LogP contribution in [0.3, 0.4) is 0 Å². The molecule has 3 heterocycles. The van der Waals surface area contributed by atoms with E-state index in [-0.39, 0.29) is 11.6 Å². The zero-order valence-corrected chi connectivity index (χ0v) is 15.1. The lowest BCUT2D eigenvalue weighted by Gasteiger charge is -2.36. The van der Waals surface area contributed by atoms with Gasteiger partial charge in [-0.15, -0.1) is 0 Å². The molecule has 0 atom stereocenters. The molecule has 0 radical (unpaired) electrons. The molecular weight excluding hydrogens is 359 g/mol. The van der Waals surface area contributed by atoms with E-state index >= 15 is 0 Å². The fourth-order valence-electron chi connectivity index (χ4n) is 3.12. The van der Waals surface area contributed by atoms with E-state index in [1.54, 1.807) is 42.9 Å². The van der Waals surface area contributed by atoms with Crippen LogP contribution in [0.4, 0.5) is 21.7 Å². The van der Waals surface area contributed by atoms with Crippen LogP contribution in [-0.4, -0.2) is 47.0 Å². The van der Waals surface area contributed by atoms with Crippen molar-refractivity contribution in [3.63, 3.8) is 0 Å². The summed E-state index contributed by atoms with van der Waals surface area (Å²) >= 11 is 0. The predicted molar refractivity (Wildman–Crippen MR) is 105 cm³/mol. The van der Waals surface area contributed by atoms with Crippen molar-refractivity contribution in [2.45, 2.75) is 0 Å². The number of nitrogens with one attached hydrogen (secondary N) is 1. The highest BCUT2D eigenvalue weighted by atomic mass is 19.1. The van der Waals surface area contributed by atoms with Crippen LogP contribution in [0.25, 0.3) is 0 Å². The Bertz CT molecular complexity index is 960. The molecule has 1 aromatic carbocycles. The Morgan fingerprint density at radius 2 is 1.64 bits per heavy atom. The molecule has 1 N–H and O–H groups in total. The predicted octanol–water partition coefficient (Wildman–Crippen LogP) is 2.59. The minimum atomic E-state index is -0.403. The standard InChI is InChI=1S/C20H19FN6O/c21-15-3-1-4-16(13-15)25-19(28)18-14-17(5-8-22-18)26-9-11-27(12-10-26)20-23-6-2-7-24-20/h1-8,13-14H,9-12H2,(H,25,28). The van der Waals surface area contributed by atoms with Crippen LogP contribution >= 0.6 is 0 Å². The molecule has 2 aromatic heterocycles. The minimum Gasteiger partial charge on any atom is -0.368 e. The maximum atomic E-state index is 13.3. The second kappa shape index (κ2) is 7.99. The summed E-state index contributed by atoms with van der Waals surface area (Å²) < 4.78 is 13.3. The summed E-state index contributed by atoms with van der Waals surface area (Å²) in [6.07, 6.45) is 5.09. The van der Waals surface area contributed by atoms with E-state index in [9.17, 15) is 9.18 Å². The lowest BCUT2D eigenvalue weighted by atomic mass is 10.2. The fourth-order valence-corrected chi connectivity index (χ4v) is 3.12. The van der Waals surface area contributed by atoms with E-state index in [0.717, 1.165) is 37.8 Å². The van der Waals surface area contributed by atoms with E-state index in [4.69, 9.17) is 0 Å². The van der Waals surface area contributed by atoms with Crippen LogP contribution in [0.5, 0.6) is 0 Å². The first-order valence-electron chi connectivity index (χ1n) is 8.99. The smallest absolute Gasteiger partial charge is 0.274 e. The number of aromatic nitrogens is 3. The number of benzene rings is 1. The quantitative estimate of drug-likeness (QED) is 0.752. The molecule has 0 unspecified atom stereocenters. The Labute approximate surface area is 161 Å². The molecule has 4 rings (SSSR count). The SMILES string of the molecule is O=C(Nc1cccc(F)c1)c1cc(N2CCN(c3ncccn3)CC2)ccn1. The summed E-state index contributed by atoms with van der Waals surface area (Å²) in [4.78, 5) is 29.5. The van der Waals surface area contributed by atoms with E-state index in [2.05, 4.69) is 30.1 Å². The number of rotatable bonds is 4. The first-order valence-corrected chi connectivity index (χ1v) is 8.99. The van der Waals surface area contributed by atoms with Gasteiger partial charge in [-0.05, 0) is 36.4 Å². The molecule has 0 spiro atoms. The van der Waals surface area contributed by atoms with Crippen molar-refractivity contribution in [2.75, 3.05) is 41.3 Å². The molecule has 3 aromatic rings. The van der Waals surface area contributed by atoms with Crippen molar-refractivity contribution in [3.05, 3.63) is 72.6 Å². The zero-order valence-electron chi connectivity index (χ0n) is 15.1. The molecule has 7 nitrogen and oxygen atoms in total. The molecule has 8 heteroatoms. The Morgan fingerprint density at radius 3 is 2.39 bits per heavy atom. The first-order chi connectivity index (χ1) is 13.7. The molecule has 0 saturated carbocycles. The Morgan fingerprint density at radius 1 is 0.893 bits per heavy atom. The average Bonchev–Trinajstić information content (AvgIpc) is 2.75. The van der Waals surface area contributed by atoms with Gasteiger partial charge in [-0.25, -0.2) is 14.4 Å². The highest BCUT2D eigenvalue weighted by molar-refractivity contribution is 6.03. The van der Waals surface area contributed by atoms with Crippen molar-refractivity contribution >= 4 is 23.2 Å².